The van der Waals surface area contributed by atoms with Crippen LogP contribution in [0.1, 0.15) is 30.3 Å². The Kier molecular flexibility index (Phi) is 6.13. The molecule has 0 amide bonds. The number of rotatable bonds is 8. The third-order valence-electron chi connectivity index (χ3n) is 4.41. The van der Waals surface area contributed by atoms with Crippen LogP contribution in [0.3, 0.4) is 0 Å². The quantitative estimate of drug-likeness (QED) is 0.592. The molecule has 2 heterocycles. The molecule has 0 N–H and O–H groups in total. The molecule has 27 heavy (non-hydrogen) atoms. The van der Waals surface area contributed by atoms with Gasteiger partial charge in [-0.2, -0.15) is 0 Å². The number of ether oxygens (including phenoxy) is 2. The highest BCUT2D eigenvalue weighted by Gasteiger charge is 2.12. The van der Waals surface area contributed by atoms with Gasteiger partial charge in [0.15, 0.2) is 16.5 Å². The van der Waals surface area contributed by atoms with Crippen LogP contribution in [0, 0.1) is 6.92 Å². The lowest BCUT2D eigenvalue weighted by molar-refractivity contribution is 0.253. The highest BCUT2D eigenvalue weighted by molar-refractivity contribution is 7.15. The van der Waals surface area contributed by atoms with Crippen LogP contribution in [0.2, 0.25) is 0 Å². The standard InChI is InChI=1S/C20H25N3O3S/c1-5-8-22(11-15-6-7-17(25-3)18(9-15)26-4)12-16-10-19(24)23-14(2)13-27-20(23)21-16/h6-7,9-10,13H,5,8,11-12H2,1-4H3. The Morgan fingerprint density at radius 3 is 2.63 bits per heavy atom. The molecule has 3 aromatic rings. The van der Waals surface area contributed by atoms with E-state index in [-0.39, 0.29) is 5.56 Å². The first-order chi connectivity index (χ1) is 13.0. The molecule has 0 aliphatic carbocycles. The molecule has 0 saturated heterocycles. The van der Waals surface area contributed by atoms with Crippen molar-refractivity contribution in [3.8, 4) is 11.5 Å². The van der Waals surface area contributed by atoms with Gasteiger partial charge in [-0.3, -0.25) is 14.1 Å². The maximum Gasteiger partial charge on any atom is 0.259 e. The second-order valence-electron chi connectivity index (χ2n) is 6.48. The van der Waals surface area contributed by atoms with Crippen molar-refractivity contribution in [1.82, 2.24) is 14.3 Å². The first kappa shape index (κ1) is 19.4. The summed E-state index contributed by atoms with van der Waals surface area (Å²) >= 11 is 1.50. The van der Waals surface area contributed by atoms with Crippen molar-refractivity contribution in [1.29, 1.82) is 0 Å². The van der Waals surface area contributed by atoms with Gasteiger partial charge in [0.25, 0.3) is 5.56 Å². The Morgan fingerprint density at radius 2 is 1.93 bits per heavy atom. The highest BCUT2D eigenvalue weighted by atomic mass is 32.1. The average molecular weight is 388 g/mol. The van der Waals surface area contributed by atoms with Crippen LogP contribution in [-0.4, -0.2) is 35.0 Å². The zero-order valence-corrected chi connectivity index (χ0v) is 17.0. The Morgan fingerprint density at radius 1 is 1.15 bits per heavy atom. The fourth-order valence-corrected chi connectivity index (χ4v) is 4.07. The van der Waals surface area contributed by atoms with Crippen LogP contribution in [-0.2, 0) is 13.1 Å². The number of hydrogen-bond acceptors (Lipinski definition) is 6. The van der Waals surface area contributed by atoms with E-state index in [1.54, 1.807) is 24.7 Å². The lowest BCUT2D eigenvalue weighted by Crippen LogP contribution is -2.26. The van der Waals surface area contributed by atoms with Crippen LogP contribution in [0.4, 0.5) is 0 Å². The number of hydrogen-bond donors (Lipinski definition) is 0. The van der Waals surface area contributed by atoms with Gasteiger partial charge in [-0.1, -0.05) is 13.0 Å². The fourth-order valence-electron chi connectivity index (χ4n) is 3.18. The van der Waals surface area contributed by atoms with Crippen molar-refractivity contribution < 1.29 is 9.47 Å². The summed E-state index contributed by atoms with van der Waals surface area (Å²) in [5, 5.41) is 1.96. The SMILES string of the molecule is CCCN(Cc1ccc(OC)c(OC)c1)Cc1cc(=O)n2c(C)csc2n1. The molecule has 1 aromatic carbocycles. The van der Waals surface area contributed by atoms with Crippen LogP contribution in [0.25, 0.3) is 4.96 Å². The molecule has 144 valence electrons. The maximum atomic E-state index is 12.4. The third-order valence-corrected chi connectivity index (χ3v) is 5.35. The van der Waals surface area contributed by atoms with E-state index in [9.17, 15) is 4.79 Å². The molecular weight excluding hydrogens is 362 g/mol. The van der Waals surface area contributed by atoms with Crippen LogP contribution >= 0.6 is 11.3 Å². The maximum absolute atomic E-state index is 12.4. The van der Waals surface area contributed by atoms with E-state index in [4.69, 9.17) is 9.47 Å². The zero-order chi connectivity index (χ0) is 19.4. The first-order valence-corrected chi connectivity index (χ1v) is 9.83. The van der Waals surface area contributed by atoms with Crippen LogP contribution < -0.4 is 15.0 Å². The minimum atomic E-state index is -0.0173. The fraction of sp³-hybridized carbons (Fsp3) is 0.400. The summed E-state index contributed by atoms with van der Waals surface area (Å²) < 4.78 is 12.4. The van der Waals surface area contributed by atoms with Gasteiger partial charge in [0.1, 0.15) is 0 Å². The minimum absolute atomic E-state index is 0.0173. The van der Waals surface area contributed by atoms with Gasteiger partial charge < -0.3 is 9.47 Å². The third kappa shape index (κ3) is 4.31. The summed E-state index contributed by atoms with van der Waals surface area (Å²) in [5.41, 5.74) is 2.84. The molecule has 0 unspecified atom stereocenters. The van der Waals surface area contributed by atoms with E-state index < -0.39 is 0 Å². The number of methoxy groups -OCH3 is 2. The molecule has 0 bridgehead atoms. The second kappa shape index (κ2) is 8.54. The van der Waals surface area contributed by atoms with E-state index in [1.165, 1.54) is 11.3 Å². The Labute approximate surface area is 163 Å². The van der Waals surface area contributed by atoms with Crippen molar-refractivity contribution in [2.24, 2.45) is 0 Å². The Bertz CT molecular complexity index is 980. The molecule has 0 atom stereocenters. The molecule has 6 nitrogen and oxygen atoms in total. The normalized spacial score (nSPS) is 11.3. The predicted molar refractivity (Wildman–Crippen MR) is 108 cm³/mol. The average Bonchev–Trinajstić information content (AvgIpc) is 3.03. The summed E-state index contributed by atoms with van der Waals surface area (Å²) in [6.07, 6.45) is 1.02. The number of fused-ring (bicyclic) bond motifs is 1. The number of aryl methyl sites for hydroxylation is 1. The van der Waals surface area contributed by atoms with Gasteiger partial charge in [-0.25, -0.2) is 4.98 Å². The van der Waals surface area contributed by atoms with E-state index in [2.05, 4.69) is 16.8 Å². The molecule has 2 aromatic heterocycles. The molecule has 0 aliphatic heterocycles. The van der Waals surface area contributed by atoms with Crippen molar-refractivity contribution in [3.63, 3.8) is 0 Å². The summed E-state index contributed by atoms with van der Waals surface area (Å²) in [6, 6.07) is 7.60. The molecular formula is C20H25N3O3S. The zero-order valence-electron chi connectivity index (χ0n) is 16.2. The largest absolute Gasteiger partial charge is 0.493 e. The van der Waals surface area contributed by atoms with Gasteiger partial charge in [0.2, 0.25) is 0 Å². The second-order valence-corrected chi connectivity index (χ2v) is 7.32. The lowest BCUT2D eigenvalue weighted by Gasteiger charge is -2.22. The van der Waals surface area contributed by atoms with Gasteiger partial charge in [0, 0.05) is 30.2 Å². The number of nitrogens with zero attached hydrogens (tertiary/aromatic N) is 3. The molecule has 0 aliphatic rings. The summed E-state index contributed by atoms with van der Waals surface area (Å²) in [7, 11) is 3.27. The lowest BCUT2D eigenvalue weighted by atomic mass is 10.1. The number of thiazole rings is 1. The first-order valence-electron chi connectivity index (χ1n) is 8.95. The molecule has 0 fully saturated rings. The van der Waals surface area contributed by atoms with E-state index >= 15 is 0 Å². The monoisotopic (exact) mass is 387 g/mol. The Hall–Kier alpha value is -2.38. The van der Waals surface area contributed by atoms with Crippen molar-refractivity contribution >= 4 is 16.3 Å². The number of aromatic nitrogens is 2. The van der Waals surface area contributed by atoms with Gasteiger partial charge >= 0.3 is 0 Å². The topological polar surface area (TPSA) is 56.1 Å². The molecule has 3 rings (SSSR count). The summed E-state index contributed by atoms with van der Waals surface area (Å²) in [6.45, 7) is 6.37. The van der Waals surface area contributed by atoms with Gasteiger partial charge in [0.05, 0.1) is 19.9 Å². The molecule has 7 heteroatoms. The van der Waals surface area contributed by atoms with E-state index in [0.717, 1.165) is 52.9 Å². The van der Waals surface area contributed by atoms with Gasteiger partial charge in [-0.15, -0.1) is 11.3 Å². The van der Waals surface area contributed by atoms with E-state index in [1.807, 2.05) is 30.5 Å². The van der Waals surface area contributed by atoms with Gasteiger partial charge in [-0.05, 0) is 37.6 Å². The van der Waals surface area contributed by atoms with Crippen molar-refractivity contribution in [2.45, 2.75) is 33.4 Å². The van der Waals surface area contributed by atoms with E-state index in [0.29, 0.717) is 6.54 Å². The summed E-state index contributed by atoms with van der Waals surface area (Å²) in [5.74, 6) is 1.44. The molecule has 0 spiro atoms. The van der Waals surface area contributed by atoms with Crippen molar-refractivity contribution in [3.05, 3.63) is 57.0 Å². The molecule has 0 saturated carbocycles. The van der Waals surface area contributed by atoms with Crippen LogP contribution in [0.15, 0.2) is 34.4 Å². The summed E-state index contributed by atoms with van der Waals surface area (Å²) in [4.78, 5) is 20.1. The minimum Gasteiger partial charge on any atom is -0.493 e. The molecule has 0 radical (unpaired) electrons. The predicted octanol–water partition coefficient (Wildman–Crippen LogP) is 3.49. The van der Waals surface area contributed by atoms with Crippen LogP contribution in [0.5, 0.6) is 11.5 Å². The smallest absolute Gasteiger partial charge is 0.259 e. The Balaban J connectivity index is 1.83. The van der Waals surface area contributed by atoms with Crippen molar-refractivity contribution in [2.75, 3.05) is 20.8 Å². The number of benzene rings is 1. The highest BCUT2D eigenvalue weighted by Crippen LogP contribution is 2.28.